The monoisotopic (exact) mass is 359 g/mol. The molecule has 1 saturated heterocycles. The average Bonchev–Trinajstić information content (AvgIpc) is 2.71. The summed E-state index contributed by atoms with van der Waals surface area (Å²) in [5.74, 6) is 1.00. The molecule has 9 heteroatoms. The van der Waals surface area contributed by atoms with E-state index < -0.39 is 14.9 Å². The van der Waals surface area contributed by atoms with E-state index in [-0.39, 0.29) is 10.6 Å². The molecule has 1 fully saturated rings. The van der Waals surface area contributed by atoms with E-state index >= 15 is 0 Å². The molecule has 0 bridgehead atoms. The zero-order valence-electron chi connectivity index (χ0n) is 13.0. The van der Waals surface area contributed by atoms with E-state index in [1.165, 1.54) is 12.1 Å². The Morgan fingerprint density at radius 2 is 2.17 bits per heavy atom. The van der Waals surface area contributed by atoms with E-state index in [4.69, 9.17) is 5.14 Å². The summed E-state index contributed by atoms with van der Waals surface area (Å²) in [4.78, 5) is 12.6. The molecule has 1 aromatic rings. The van der Waals surface area contributed by atoms with Crippen molar-refractivity contribution in [3.05, 3.63) is 28.3 Å². The molecular formula is C14H21N3O4S2. The van der Waals surface area contributed by atoms with Crippen molar-refractivity contribution in [2.24, 2.45) is 5.14 Å². The van der Waals surface area contributed by atoms with Gasteiger partial charge in [-0.15, -0.1) is 0 Å². The molecule has 0 aliphatic carbocycles. The van der Waals surface area contributed by atoms with Crippen LogP contribution < -0.4 is 10.0 Å². The smallest absolute Gasteiger partial charge is 0.293 e. The van der Waals surface area contributed by atoms with E-state index in [1.807, 2.05) is 16.7 Å². The van der Waals surface area contributed by atoms with Crippen molar-refractivity contribution in [2.45, 2.75) is 36.3 Å². The van der Waals surface area contributed by atoms with E-state index in [9.17, 15) is 18.5 Å². The molecule has 1 atom stereocenters. The molecule has 1 aliphatic heterocycles. The largest absolute Gasteiger partial charge is 0.365 e. The van der Waals surface area contributed by atoms with Crippen molar-refractivity contribution < 1.29 is 13.3 Å². The molecule has 0 saturated carbocycles. The zero-order chi connectivity index (χ0) is 17.0. The number of nitrogens with zero attached hydrogens (tertiary/aromatic N) is 2. The van der Waals surface area contributed by atoms with Gasteiger partial charge in [0.15, 0.2) is 0 Å². The number of nitro groups is 1. The van der Waals surface area contributed by atoms with Crippen LogP contribution in [0.2, 0.25) is 0 Å². The third kappa shape index (κ3) is 4.58. The number of primary sulfonamides is 1. The van der Waals surface area contributed by atoms with Crippen LogP contribution in [0.1, 0.15) is 26.2 Å². The summed E-state index contributed by atoms with van der Waals surface area (Å²) in [6, 6.07) is 3.89. The van der Waals surface area contributed by atoms with Gasteiger partial charge in [-0.25, -0.2) is 13.6 Å². The Morgan fingerprint density at radius 3 is 2.78 bits per heavy atom. The van der Waals surface area contributed by atoms with Gasteiger partial charge in [0.2, 0.25) is 10.0 Å². The minimum atomic E-state index is -3.96. The van der Waals surface area contributed by atoms with Crippen molar-refractivity contribution >= 4 is 33.2 Å². The maximum atomic E-state index is 11.4. The van der Waals surface area contributed by atoms with Gasteiger partial charge in [0.1, 0.15) is 5.69 Å². The molecule has 1 aliphatic rings. The van der Waals surface area contributed by atoms with E-state index in [1.54, 1.807) is 0 Å². The van der Waals surface area contributed by atoms with Crippen LogP contribution in [0.25, 0.3) is 0 Å². The van der Waals surface area contributed by atoms with Crippen LogP contribution in [0.3, 0.4) is 0 Å². The number of sulfonamides is 1. The van der Waals surface area contributed by atoms with Gasteiger partial charge < -0.3 is 4.90 Å². The molecule has 1 aromatic carbocycles. The Bertz CT molecular complexity index is 679. The Balaban J connectivity index is 2.39. The Morgan fingerprint density at radius 1 is 1.43 bits per heavy atom. The fourth-order valence-corrected chi connectivity index (χ4v) is 4.41. The standard InChI is InChI=1S/C14H21N3O4S2/c1-2-22-11-5-3-4-8-16(10-11)13-7-6-12(23(15,20)21)9-14(13)17(18)19/h6-7,9,11H,2-5,8,10H2,1H3,(H2,15,20,21). The van der Waals surface area contributed by atoms with Crippen molar-refractivity contribution in [1.82, 2.24) is 0 Å². The summed E-state index contributed by atoms with van der Waals surface area (Å²) >= 11 is 1.86. The van der Waals surface area contributed by atoms with Gasteiger partial charge in [0, 0.05) is 24.4 Å². The molecule has 0 radical (unpaired) electrons. The van der Waals surface area contributed by atoms with E-state index in [0.29, 0.717) is 10.9 Å². The minimum absolute atomic E-state index is 0.210. The Labute approximate surface area is 140 Å². The molecule has 128 valence electrons. The zero-order valence-corrected chi connectivity index (χ0v) is 14.6. The number of benzene rings is 1. The van der Waals surface area contributed by atoms with Crippen molar-refractivity contribution in [2.75, 3.05) is 23.7 Å². The molecule has 1 heterocycles. The molecule has 2 N–H and O–H groups in total. The highest BCUT2D eigenvalue weighted by molar-refractivity contribution is 7.99. The maximum Gasteiger partial charge on any atom is 0.293 e. The fraction of sp³-hybridized carbons (Fsp3) is 0.571. The topological polar surface area (TPSA) is 107 Å². The van der Waals surface area contributed by atoms with Gasteiger partial charge in [-0.1, -0.05) is 13.3 Å². The molecular weight excluding hydrogens is 338 g/mol. The molecule has 0 spiro atoms. The minimum Gasteiger partial charge on any atom is -0.365 e. The first-order valence-corrected chi connectivity index (χ1v) is 10.1. The molecule has 0 aromatic heterocycles. The summed E-state index contributed by atoms with van der Waals surface area (Å²) in [5, 5.41) is 16.9. The van der Waals surface area contributed by atoms with Gasteiger partial charge in [0.25, 0.3) is 5.69 Å². The second-order valence-corrected chi connectivity index (χ2v) is 8.61. The highest BCUT2D eigenvalue weighted by Gasteiger charge is 2.26. The second kappa shape index (κ2) is 7.50. The lowest BCUT2D eigenvalue weighted by Gasteiger charge is -2.26. The van der Waals surface area contributed by atoms with Crippen molar-refractivity contribution in [3.63, 3.8) is 0 Å². The van der Waals surface area contributed by atoms with Gasteiger partial charge in [-0.3, -0.25) is 10.1 Å². The summed E-state index contributed by atoms with van der Waals surface area (Å²) in [5.41, 5.74) is 0.254. The predicted octanol–water partition coefficient (Wildman–Crippen LogP) is 2.35. The normalized spacial score (nSPS) is 19.4. The van der Waals surface area contributed by atoms with Crippen molar-refractivity contribution in [1.29, 1.82) is 0 Å². The fourth-order valence-electron chi connectivity index (χ4n) is 2.79. The van der Waals surface area contributed by atoms with E-state index in [2.05, 4.69) is 6.92 Å². The summed E-state index contributed by atoms with van der Waals surface area (Å²) in [6.45, 7) is 3.56. The quantitative estimate of drug-likeness (QED) is 0.639. The molecule has 2 rings (SSSR count). The summed E-state index contributed by atoms with van der Waals surface area (Å²) in [6.07, 6.45) is 3.16. The molecule has 23 heavy (non-hydrogen) atoms. The number of hydrogen-bond donors (Lipinski definition) is 1. The predicted molar refractivity (Wildman–Crippen MR) is 92.5 cm³/mol. The van der Waals surface area contributed by atoms with E-state index in [0.717, 1.165) is 44.2 Å². The summed E-state index contributed by atoms with van der Waals surface area (Å²) < 4.78 is 22.9. The number of nitro benzene ring substituents is 1. The molecule has 1 unspecified atom stereocenters. The number of nitrogens with two attached hydrogens (primary N) is 1. The van der Waals surface area contributed by atoms with Crippen LogP contribution in [0.5, 0.6) is 0 Å². The third-order valence-corrected chi connectivity index (χ3v) is 5.94. The Kier molecular flexibility index (Phi) is 5.88. The third-order valence-electron chi connectivity index (χ3n) is 3.84. The van der Waals surface area contributed by atoms with Gasteiger partial charge >= 0.3 is 0 Å². The first-order chi connectivity index (χ1) is 10.8. The maximum absolute atomic E-state index is 11.4. The highest BCUT2D eigenvalue weighted by Crippen LogP contribution is 2.33. The van der Waals surface area contributed by atoms with Gasteiger partial charge in [0.05, 0.1) is 9.82 Å². The van der Waals surface area contributed by atoms with Crippen LogP contribution in [0.4, 0.5) is 11.4 Å². The number of hydrogen-bond acceptors (Lipinski definition) is 6. The summed E-state index contributed by atoms with van der Waals surface area (Å²) in [7, 11) is -3.96. The first kappa shape index (κ1) is 18.0. The van der Waals surface area contributed by atoms with Gasteiger partial charge in [-0.2, -0.15) is 11.8 Å². The lowest BCUT2D eigenvalue weighted by atomic mass is 10.2. The SMILES string of the molecule is CCSC1CCCCN(c2ccc(S(N)(=O)=O)cc2[N+](=O)[O-])C1. The Hall–Kier alpha value is -1.32. The van der Waals surface area contributed by atoms with Crippen molar-refractivity contribution in [3.8, 4) is 0 Å². The number of anilines is 1. The average molecular weight is 359 g/mol. The lowest BCUT2D eigenvalue weighted by molar-refractivity contribution is -0.384. The van der Waals surface area contributed by atoms with Gasteiger partial charge in [-0.05, 0) is 30.7 Å². The van der Waals surface area contributed by atoms with Crippen LogP contribution in [0, 0.1) is 10.1 Å². The van der Waals surface area contributed by atoms with Crippen LogP contribution in [-0.2, 0) is 10.0 Å². The molecule has 0 amide bonds. The lowest BCUT2D eigenvalue weighted by Crippen LogP contribution is -2.30. The number of thioether (sulfide) groups is 1. The first-order valence-electron chi connectivity index (χ1n) is 7.50. The van der Waals surface area contributed by atoms with Crippen LogP contribution in [-0.4, -0.2) is 37.4 Å². The molecule has 7 nitrogen and oxygen atoms in total. The second-order valence-electron chi connectivity index (χ2n) is 5.47. The van der Waals surface area contributed by atoms with Crippen LogP contribution in [0.15, 0.2) is 23.1 Å². The number of rotatable bonds is 5. The highest BCUT2D eigenvalue weighted by atomic mass is 32.2. The van der Waals surface area contributed by atoms with Crippen LogP contribution >= 0.6 is 11.8 Å².